The first-order chi connectivity index (χ1) is 14.2. The van der Waals surface area contributed by atoms with Crippen molar-refractivity contribution < 1.29 is 13.9 Å². The molecule has 150 valence electrons. The van der Waals surface area contributed by atoms with Gasteiger partial charge in [0, 0.05) is 27.8 Å². The summed E-state index contributed by atoms with van der Waals surface area (Å²) in [6.45, 7) is 1.17. The van der Waals surface area contributed by atoms with Crippen LogP contribution in [0, 0.1) is 0 Å². The molecule has 4 nitrogen and oxygen atoms in total. The van der Waals surface area contributed by atoms with Crippen LogP contribution in [-0.2, 0) is 11.3 Å². The van der Waals surface area contributed by atoms with E-state index in [2.05, 4.69) is 5.32 Å². The highest BCUT2D eigenvalue weighted by molar-refractivity contribution is 7.99. The molecule has 1 amide bonds. The van der Waals surface area contributed by atoms with E-state index in [0.717, 1.165) is 41.4 Å². The second-order valence-corrected chi connectivity index (χ2v) is 8.40. The number of furan rings is 1. The molecule has 1 saturated heterocycles. The highest BCUT2D eigenvalue weighted by atomic mass is 35.5. The molecule has 1 aromatic heterocycles. The van der Waals surface area contributed by atoms with Crippen LogP contribution >= 0.6 is 23.4 Å². The number of benzene rings is 2. The summed E-state index contributed by atoms with van der Waals surface area (Å²) in [5.41, 5.74) is 1.63. The van der Waals surface area contributed by atoms with Crippen molar-refractivity contribution in [3.8, 4) is 11.3 Å². The average molecular weight is 428 g/mol. The molecule has 0 spiro atoms. The van der Waals surface area contributed by atoms with Gasteiger partial charge in [0.15, 0.2) is 0 Å². The van der Waals surface area contributed by atoms with Gasteiger partial charge in [-0.15, -0.1) is 11.8 Å². The van der Waals surface area contributed by atoms with Crippen LogP contribution in [0.4, 0.5) is 0 Å². The molecule has 1 aliphatic rings. The van der Waals surface area contributed by atoms with E-state index in [-0.39, 0.29) is 12.0 Å². The third-order valence-electron chi connectivity index (χ3n) is 4.79. The molecule has 0 bridgehead atoms. The fourth-order valence-electron chi connectivity index (χ4n) is 3.24. The minimum atomic E-state index is -0.107. The van der Waals surface area contributed by atoms with Gasteiger partial charge < -0.3 is 14.5 Å². The van der Waals surface area contributed by atoms with E-state index in [9.17, 15) is 4.79 Å². The molecule has 1 fully saturated rings. The van der Waals surface area contributed by atoms with Crippen molar-refractivity contribution in [2.45, 2.75) is 30.4 Å². The number of thioether (sulfide) groups is 1. The van der Waals surface area contributed by atoms with Crippen LogP contribution < -0.4 is 5.32 Å². The summed E-state index contributed by atoms with van der Waals surface area (Å²) in [4.78, 5) is 13.7. The molecule has 0 aliphatic carbocycles. The second-order valence-electron chi connectivity index (χ2n) is 6.90. The fourth-order valence-corrected chi connectivity index (χ4v) is 4.49. The van der Waals surface area contributed by atoms with E-state index >= 15 is 0 Å². The second kappa shape index (κ2) is 9.53. The maximum atomic E-state index is 12.7. The highest BCUT2D eigenvalue weighted by Gasteiger charge is 2.18. The topological polar surface area (TPSA) is 51.5 Å². The third-order valence-corrected chi connectivity index (χ3v) is 6.25. The monoisotopic (exact) mass is 427 g/mol. The molecule has 29 heavy (non-hydrogen) atoms. The zero-order chi connectivity index (χ0) is 20.1. The number of ether oxygens (including phenoxy) is 1. The van der Waals surface area contributed by atoms with E-state index in [0.29, 0.717) is 22.9 Å². The summed E-state index contributed by atoms with van der Waals surface area (Å²) in [6, 6.07) is 18.9. The fraction of sp³-hybridized carbons (Fsp3) is 0.261. The lowest BCUT2D eigenvalue weighted by Gasteiger charge is -2.12. The SMILES string of the molecule is O=C(NCc1ccc(-c2ccc(Cl)cc2)o1)c1ccccc1SCC1CCCO1. The molecule has 0 radical (unpaired) electrons. The van der Waals surface area contributed by atoms with E-state index in [1.54, 1.807) is 11.8 Å². The van der Waals surface area contributed by atoms with E-state index in [1.165, 1.54) is 0 Å². The van der Waals surface area contributed by atoms with Gasteiger partial charge in [0.05, 0.1) is 18.2 Å². The van der Waals surface area contributed by atoms with Gasteiger partial charge in [-0.1, -0.05) is 23.7 Å². The molecule has 1 N–H and O–H groups in total. The van der Waals surface area contributed by atoms with Crippen molar-refractivity contribution in [1.29, 1.82) is 0 Å². The Hall–Kier alpha value is -2.21. The van der Waals surface area contributed by atoms with Crippen LogP contribution in [0.15, 0.2) is 70.0 Å². The number of hydrogen-bond donors (Lipinski definition) is 1. The van der Waals surface area contributed by atoms with Gasteiger partial charge in [-0.2, -0.15) is 0 Å². The Labute approximate surface area is 179 Å². The summed E-state index contributed by atoms with van der Waals surface area (Å²) in [6.07, 6.45) is 2.50. The standard InChI is InChI=1S/C23H22ClNO3S/c24-17-9-7-16(8-10-17)21-12-11-18(28-21)14-25-23(26)20-5-1-2-6-22(20)29-15-19-4-3-13-27-19/h1-2,5-12,19H,3-4,13-15H2,(H,25,26). The molecule has 1 atom stereocenters. The van der Waals surface area contributed by atoms with Crippen molar-refractivity contribution in [2.75, 3.05) is 12.4 Å². The van der Waals surface area contributed by atoms with Gasteiger partial charge in [0.25, 0.3) is 5.91 Å². The Morgan fingerprint density at radius 2 is 1.93 bits per heavy atom. The molecule has 4 rings (SSSR count). The van der Waals surface area contributed by atoms with Gasteiger partial charge in [-0.3, -0.25) is 4.79 Å². The molecule has 3 aromatic rings. The first-order valence-corrected chi connectivity index (χ1v) is 11.0. The van der Waals surface area contributed by atoms with Crippen LogP contribution in [-0.4, -0.2) is 24.4 Å². The lowest BCUT2D eigenvalue weighted by atomic mass is 10.2. The van der Waals surface area contributed by atoms with Crippen LogP contribution in [0.5, 0.6) is 0 Å². The smallest absolute Gasteiger partial charge is 0.252 e. The Balaban J connectivity index is 1.37. The predicted octanol–water partition coefficient (Wildman–Crippen LogP) is 5.80. The molecule has 2 aromatic carbocycles. The van der Waals surface area contributed by atoms with Crippen molar-refractivity contribution in [3.05, 3.63) is 77.0 Å². The van der Waals surface area contributed by atoms with Gasteiger partial charge in [0.1, 0.15) is 11.5 Å². The largest absolute Gasteiger partial charge is 0.459 e. The molecule has 1 unspecified atom stereocenters. The van der Waals surface area contributed by atoms with Gasteiger partial charge >= 0.3 is 0 Å². The first-order valence-electron chi connectivity index (χ1n) is 9.65. The van der Waals surface area contributed by atoms with Crippen LogP contribution in [0.1, 0.15) is 29.0 Å². The lowest BCUT2D eigenvalue weighted by Crippen LogP contribution is -2.23. The van der Waals surface area contributed by atoms with Crippen LogP contribution in [0.3, 0.4) is 0 Å². The predicted molar refractivity (Wildman–Crippen MR) is 116 cm³/mol. The third kappa shape index (κ3) is 5.24. The Kier molecular flexibility index (Phi) is 6.60. The normalized spacial score (nSPS) is 16.1. The number of carbonyl (C=O) groups excluding carboxylic acids is 1. The molecule has 0 saturated carbocycles. The van der Waals surface area contributed by atoms with Crippen LogP contribution in [0.25, 0.3) is 11.3 Å². The van der Waals surface area contributed by atoms with Gasteiger partial charge in [-0.25, -0.2) is 0 Å². The molecule has 1 aliphatic heterocycles. The Bertz CT molecular complexity index is 964. The van der Waals surface area contributed by atoms with Crippen molar-refractivity contribution >= 4 is 29.3 Å². The number of carbonyl (C=O) groups is 1. The molecule has 6 heteroatoms. The van der Waals surface area contributed by atoms with E-state index < -0.39 is 0 Å². The maximum Gasteiger partial charge on any atom is 0.252 e. The van der Waals surface area contributed by atoms with E-state index in [1.807, 2.05) is 60.7 Å². The number of hydrogen-bond acceptors (Lipinski definition) is 4. The average Bonchev–Trinajstić information content (AvgIpc) is 3.43. The zero-order valence-corrected chi connectivity index (χ0v) is 17.5. The number of rotatable bonds is 7. The van der Waals surface area contributed by atoms with Crippen molar-refractivity contribution in [2.24, 2.45) is 0 Å². The number of halogens is 1. The minimum absolute atomic E-state index is 0.107. The van der Waals surface area contributed by atoms with Crippen molar-refractivity contribution in [3.63, 3.8) is 0 Å². The highest BCUT2D eigenvalue weighted by Crippen LogP contribution is 2.27. The Morgan fingerprint density at radius 3 is 2.72 bits per heavy atom. The Morgan fingerprint density at radius 1 is 1.10 bits per heavy atom. The minimum Gasteiger partial charge on any atom is -0.459 e. The number of amides is 1. The first kappa shape index (κ1) is 20.1. The summed E-state index contributed by atoms with van der Waals surface area (Å²) < 4.78 is 11.5. The van der Waals surface area contributed by atoms with Crippen molar-refractivity contribution in [1.82, 2.24) is 5.32 Å². The van der Waals surface area contributed by atoms with Gasteiger partial charge in [0.2, 0.25) is 0 Å². The van der Waals surface area contributed by atoms with Gasteiger partial charge in [-0.05, 0) is 61.4 Å². The number of nitrogens with one attached hydrogen (secondary N) is 1. The molecule has 2 heterocycles. The zero-order valence-electron chi connectivity index (χ0n) is 15.9. The summed E-state index contributed by atoms with van der Waals surface area (Å²) >= 11 is 7.61. The molecular weight excluding hydrogens is 406 g/mol. The summed E-state index contributed by atoms with van der Waals surface area (Å²) in [5, 5.41) is 3.64. The quantitative estimate of drug-likeness (QED) is 0.484. The maximum absolute atomic E-state index is 12.7. The molecular formula is C23H22ClNO3S. The van der Waals surface area contributed by atoms with Crippen LogP contribution in [0.2, 0.25) is 5.02 Å². The van der Waals surface area contributed by atoms with E-state index in [4.69, 9.17) is 20.8 Å². The summed E-state index contributed by atoms with van der Waals surface area (Å²) in [7, 11) is 0. The summed E-state index contributed by atoms with van der Waals surface area (Å²) in [5.74, 6) is 2.21. The lowest BCUT2D eigenvalue weighted by molar-refractivity contribution is 0.0945.